The number of hydrogen-bond acceptors (Lipinski definition) is 4. The van der Waals surface area contributed by atoms with Gasteiger partial charge in [0.05, 0.1) is 6.26 Å². The molecule has 25 heavy (non-hydrogen) atoms. The second-order valence-electron chi connectivity index (χ2n) is 6.68. The standard InChI is InChI=1S/C17H24ClN3O3S/c1-25(23,24)21-8-3-2-7-16(21)17(22)20-11-9-19(10-12-20)15-6-4-5-14(18)13-15/h4-6,13,16H,2-3,7-12H2,1H3. The highest BCUT2D eigenvalue weighted by Gasteiger charge is 2.37. The van der Waals surface area contributed by atoms with Gasteiger partial charge in [-0.05, 0) is 31.0 Å². The first-order chi connectivity index (χ1) is 11.9. The van der Waals surface area contributed by atoms with Crippen molar-refractivity contribution in [2.24, 2.45) is 0 Å². The average Bonchev–Trinajstić information content (AvgIpc) is 2.60. The first-order valence-electron chi connectivity index (χ1n) is 8.62. The molecule has 138 valence electrons. The lowest BCUT2D eigenvalue weighted by atomic mass is 10.0. The van der Waals surface area contributed by atoms with Crippen LogP contribution in [0, 0.1) is 0 Å². The third-order valence-electron chi connectivity index (χ3n) is 4.93. The van der Waals surface area contributed by atoms with Crippen LogP contribution in [0.1, 0.15) is 19.3 Å². The van der Waals surface area contributed by atoms with Crippen LogP contribution in [-0.2, 0) is 14.8 Å². The van der Waals surface area contributed by atoms with Gasteiger partial charge in [0.25, 0.3) is 0 Å². The molecular formula is C17H24ClN3O3S. The molecule has 0 aliphatic carbocycles. The molecule has 2 aliphatic heterocycles. The van der Waals surface area contributed by atoms with Gasteiger partial charge in [-0.2, -0.15) is 4.31 Å². The smallest absolute Gasteiger partial charge is 0.241 e. The molecule has 0 aromatic heterocycles. The number of benzene rings is 1. The largest absolute Gasteiger partial charge is 0.368 e. The van der Waals surface area contributed by atoms with Gasteiger partial charge in [0.2, 0.25) is 15.9 Å². The van der Waals surface area contributed by atoms with Gasteiger partial charge in [0.1, 0.15) is 6.04 Å². The van der Waals surface area contributed by atoms with Crippen molar-refractivity contribution in [2.75, 3.05) is 43.9 Å². The molecule has 0 saturated carbocycles. The van der Waals surface area contributed by atoms with Crippen LogP contribution in [0.2, 0.25) is 5.02 Å². The molecule has 0 N–H and O–H groups in total. The fourth-order valence-corrected chi connectivity index (χ4v) is 4.92. The maximum Gasteiger partial charge on any atom is 0.241 e. The van der Waals surface area contributed by atoms with E-state index in [1.807, 2.05) is 24.3 Å². The SMILES string of the molecule is CS(=O)(=O)N1CCCCC1C(=O)N1CCN(c2cccc(Cl)c2)CC1. The van der Waals surface area contributed by atoms with Crippen LogP contribution in [0.3, 0.4) is 0 Å². The van der Waals surface area contributed by atoms with Crippen LogP contribution in [0.5, 0.6) is 0 Å². The van der Waals surface area contributed by atoms with Crippen LogP contribution < -0.4 is 4.90 Å². The second kappa shape index (κ2) is 7.51. The lowest BCUT2D eigenvalue weighted by Gasteiger charge is -2.40. The summed E-state index contributed by atoms with van der Waals surface area (Å²) in [5, 5.41) is 0.696. The molecule has 1 unspecified atom stereocenters. The van der Waals surface area contributed by atoms with Crippen molar-refractivity contribution in [3.05, 3.63) is 29.3 Å². The Labute approximate surface area is 154 Å². The summed E-state index contributed by atoms with van der Waals surface area (Å²) in [7, 11) is -3.36. The van der Waals surface area contributed by atoms with Gasteiger partial charge >= 0.3 is 0 Å². The van der Waals surface area contributed by atoms with Crippen LogP contribution >= 0.6 is 11.6 Å². The highest BCUT2D eigenvalue weighted by Crippen LogP contribution is 2.24. The number of rotatable bonds is 3. The summed E-state index contributed by atoms with van der Waals surface area (Å²) in [6, 6.07) is 7.15. The van der Waals surface area contributed by atoms with Gasteiger partial charge in [-0.1, -0.05) is 24.1 Å². The van der Waals surface area contributed by atoms with Crippen molar-refractivity contribution in [1.29, 1.82) is 0 Å². The number of carbonyl (C=O) groups is 1. The van der Waals surface area contributed by atoms with Gasteiger partial charge < -0.3 is 9.80 Å². The Morgan fingerprint density at radius 2 is 1.84 bits per heavy atom. The zero-order valence-corrected chi connectivity index (χ0v) is 16.0. The minimum Gasteiger partial charge on any atom is -0.368 e. The molecule has 0 radical (unpaired) electrons. The van der Waals surface area contributed by atoms with Gasteiger partial charge in [0.15, 0.2) is 0 Å². The van der Waals surface area contributed by atoms with E-state index in [2.05, 4.69) is 4.90 Å². The molecule has 0 spiro atoms. The van der Waals surface area contributed by atoms with Gasteiger partial charge in [-0.3, -0.25) is 4.79 Å². The Kier molecular flexibility index (Phi) is 5.55. The first kappa shape index (κ1) is 18.5. The summed E-state index contributed by atoms with van der Waals surface area (Å²) < 4.78 is 25.4. The molecular weight excluding hydrogens is 362 g/mol. The highest BCUT2D eigenvalue weighted by molar-refractivity contribution is 7.88. The number of carbonyl (C=O) groups excluding carboxylic acids is 1. The predicted molar refractivity (Wildman–Crippen MR) is 99.4 cm³/mol. The van der Waals surface area contributed by atoms with Crippen LogP contribution in [-0.4, -0.2) is 68.6 Å². The molecule has 3 rings (SSSR count). The molecule has 8 heteroatoms. The number of nitrogens with zero attached hydrogens (tertiary/aromatic N) is 3. The van der Waals surface area contributed by atoms with Gasteiger partial charge in [-0.15, -0.1) is 0 Å². The number of piperidine rings is 1. The van der Waals surface area contributed by atoms with Crippen molar-refractivity contribution in [3.63, 3.8) is 0 Å². The minimum absolute atomic E-state index is 0.0594. The Bertz CT molecular complexity index is 732. The van der Waals surface area contributed by atoms with E-state index in [0.717, 1.165) is 31.6 Å². The van der Waals surface area contributed by atoms with E-state index >= 15 is 0 Å². The van der Waals surface area contributed by atoms with Crippen LogP contribution in [0.15, 0.2) is 24.3 Å². The lowest BCUT2D eigenvalue weighted by Crippen LogP contribution is -2.57. The van der Waals surface area contributed by atoms with E-state index in [0.29, 0.717) is 31.1 Å². The van der Waals surface area contributed by atoms with Gasteiger partial charge in [0, 0.05) is 43.4 Å². The molecule has 2 fully saturated rings. The lowest BCUT2D eigenvalue weighted by molar-refractivity contribution is -0.136. The molecule has 6 nitrogen and oxygen atoms in total. The van der Waals surface area contributed by atoms with E-state index in [4.69, 9.17) is 11.6 Å². The molecule has 1 aromatic carbocycles. The number of sulfonamides is 1. The molecule has 0 bridgehead atoms. The topological polar surface area (TPSA) is 60.9 Å². The number of amides is 1. The van der Waals surface area contributed by atoms with Crippen LogP contribution in [0.25, 0.3) is 0 Å². The summed E-state index contributed by atoms with van der Waals surface area (Å²) in [6.07, 6.45) is 3.51. The number of piperazine rings is 1. The second-order valence-corrected chi connectivity index (χ2v) is 9.05. The number of halogens is 1. The normalized spacial score (nSPS) is 22.9. The fourth-order valence-electron chi connectivity index (χ4n) is 3.62. The first-order valence-corrected chi connectivity index (χ1v) is 10.8. The summed E-state index contributed by atoms with van der Waals surface area (Å²) in [6.45, 7) is 3.08. The summed E-state index contributed by atoms with van der Waals surface area (Å²) in [5.41, 5.74) is 1.05. The highest BCUT2D eigenvalue weighted by atomic mass is 35.5. The maximum atomic E-state index is 12.9. The van der Waals surface area contributed by atoms with E-state index < -0.39 is 16.1 Å². The van der Waals surface area contributed by atoms with E-state index in [9.17, 15) is 13.2 Å². The molecule has 2 heterocycles. The molecule has 1 aromatic rings. The molecule has 1 amide bonds. The Hall–Kier alpha value is -1.31. The van der Waals surface area contributed by atoms with Crippen molar-refractivity contribution in [1.82, 2.24) is 9.21 Å². The van der Waals surface area contributed by atoms with E-state index in [1.54, 1.807) is 4.90 Å². The zero-order valence-electron chi connectivity index (χ0n) is 14.4. The monoisotopic (exact) mass is 385 g/mol. The Balaban J connectivity index is 1.65. The average molecular weight is 386 g/mol. The van der Waals surface area contributed by atoms with Crippen LogP contribution in [0.4, 0.5) is 5.69 Å². The van der Waals surface area contributed by atoms with E-state index in [1.165, 1.54) is 10.6 Å². The molecule has 1 atom stereocenters. The Morgan fingerprint density at radius 1 is 1.12 bits per heavy atom. The number of anilines is 1. The van der Waals surface area contributed by atoms with Crippen molar-refractivity contribution in [2.45, 2.75) is 25.3 Å². The molecule has 2 saturated heterocycles. The fraction of sp³-hybridized carbons (Fsp3) is 0.588. The minimum atomic E-state index is -3.36. The third-order valence-corrected chi connectivity index (χ3v) is 6.45. The third kappa shape index (κ3) is 4.27. The number of hydrogen-bond donors (Lipinski definition) is 0. The predicted octanol–water partition coefficient (Wildman–Crippen LogP) is 1.80. The zero-order chi connectivity index (χ0) is 18.0. The quantitative estimate of drug-likeness (QED) is 0.796. The Morgan fingerprint density at radius 3 is 2.48 bits per heavy atom. The summed E-state index contributed by atoms with van der Waals surface area (Å²) in [5.74, 6) is -0.0594. The van der Waals surface area contributed by atoms with Crippen molar-refractivity contribution >= 4 is 33.2 Å². The molecule has 2 aliphatic rings. The van der Waals surface area contributed by atoms with Crippen molar-refractivity contribution < 1.29 is 13.2 Å². The van der Waals surface area contributed by atoms with E-state index in [-0.39, 0.29) is 5.91 Å². The maximum absolute atomic E-state index is 12.9. The van der Waals surface area contributed by atoms with Crippen molar-refractivity contribution in [3.8, 4) is 0 Å². The summed E-state index contributed by atoms with van der Waals surface area (Å²) >= 11 is 6.05. The van der Waals surface area contributed by atoms with Gasteiger partial charge in [-0.25, -0.2) is 8.42 Å². The summed E-state index contributed by atoms with van der Waals surface area (Å²) in [4.78, 5) is 16.9.